The van der Waals surface area contributed by atoms with Gasteiger partial charge in [-0.05, 0) is 43.3 Å². The zero-order valence-corrected chi connectivity index (χ0v) is 16.8. The number of benzene rings is 1. The van der Waals surface area contributed by atoms with Gasteiger partial charge in [0.15, 0.2) is 0 Å². The molecule has 4 rings (SSSR count). The molecule has 5 nitrogen and oxygen atoms in total. The summed E-state index contributed by atoms with van der Waals surface area (Å²) in [6.07, 6.45) is 3.52. The van der Waals surface area contributed by atoms with E-state index in [2.05, 4.69) is 4.57 Å². The lowest BCUT2D eigenvalue weighted by Gasteiger charge is -2.11. The Hall–Kier alpha value is -2.51. The van der Waals surface area contributed by atoms with Crippen LogP contribution in [0.3, 0.4) is 0 Å². The van der Waals surface area contributed by atoms with Gasteiger partial charge < -0.3 is 13.7 Å². The number of carbonyl (C=O) groups is 1. The SMILES string of the molecule is COc1ccc2c(c1)c(/C=C1/SC(=S)N(Cc3ccco3)C1=O)c(C)n2C. The second-order valence-corrected chi connectivity index (χ2v) is 7.96. The summed E-state index contributed by atoms with van der Waals surface area (Å²) in [5, 5.41) is 1.05. The molecule has 1 fully saturated rings. The molecule has 1 aromatic carbocycles. The lowest BCUT2D eigenvalue weighted by Crippen LogP contribution is -2.27. The van der Waals surface area contributed by atoms with Gasteiger partial charge in [-0.25, -0.2) is 0 Å². The molecule has 3 heterocycles. The average molecular weight is 399 g/mol. The van der Waals surface area contributed by atoms with Gasteiger partial charge in [0.25, 0.3) is 5.91 Å². The van der Waals surface area contributed by atoms with E-state index in [-0.39, 0.29) is 5.91 Å². The monoisotopic (exact) mass is 398 g/mol. The van der Waals surface area contributed by atoms with Crippen LogP contribution >= 0.6 is 24.0 Å². The Morgan fingerprint density at radius 3 is 2.85 bits per heavy atom. The van der Waals surface area contributed by atoms with Crippen molar-refractivity contribution in [3.8, 4) is 5.75 Å². The zero-order chi connectivity index (χ0) is 19.1. The molecule has 0 radical (unpaired) electrons. The number of hydrogen-bond acceptors (Lipinski definition) is 5. The van der Waals surface area contributed by atoms with E-state index in [1.165, 1.54) is 11.8 Å². The number of hydrogen-bond donors (Lipinski definition) is 0. The topological polar surface area (TPSA) is 47.6 Å². The van der Waals surface area contributed by atoms with Gasteiger partial charge in [0.05, 0.1) is 24.8 Å². The molecule has 0 unspecified atom stereocenters. The average Bonchev–Trinajstić information content (AvgIpc) is 3.33. The van der Waals surface area contributed by atoms with Crippen LogP contribution in [0, 0.1) is 6.92 Å². The van der Waals surface area contributed by atoms with Crippen molar-refractivity contribution in [1.29, 1.82) is 0 Å². The number of thiocarbonyl (C=S) groups is 1. The predicted molar refractivity (Wildman–Crippen MR) is 112 cm³/mol. The Bertz CT molecular complexity index is 1080. The number of furan rings is 1. The standard InChI is InChI=1S/C20H18N2O3S2/c1-12-15(16-9-13(24-3)6-7-17(16)21(12)2)10-18-19(23)22(20(26)27-18)11-14-5-4-8-25-14/h4-10H,11H2,1-3H3/b18-10+. The maximum Gasteiger partial charge on any atom is 0.266 e. The number of aromatic nitrogens is 1. The van der Waals surface area contributed by atoms with E-state index in [9.17, 15) is 4.79 Å². The van der Waals surface area contributed by atoms with Gasteiger partial charge in [-0.1, -0.05) is 24.0 Å². The molecule has 1 aliphatic rings. The van der Waals surface area contributed by atoms with Crippen molar-refractivity contribution in [3.05, 3.63) is 58.5 Å². The van der Waals surface area contributed by atoms with Crippen LogP contribution in [-0.2, 0) is 18.4 Å². The van der Waals surface area contributed by atoms with Gasteiger partial charge in [0.1, 0.15) is 15.8 Å². The first-order chi connectivity index (χ1) is 13.0. The first kappa shape index (κ1) is 17.9. The summed E-state index contributed by atoms with van der Waals surface area (Å²) in [4.78, 5) is 15.1. The van der Waals surface area contributed by atoms with E-state index in [1.54, 1.807) is 24.3 Å². The molecule has 7 heteroatoms. The van der Waals surface area contributed by atoms with Crippen molar-refractivity contribution in [1.82, 2.24) is 9.47 Å². The van der Waals surface area contributed by atoms with Crippen molar-refractivity contribution in [2.75, 3.05) is 7.11 Å². The Morgan fingerprint density at radius 1 is 1.33 bits per heavy atom. The number of amides is 1. The van der Waals surface area contributed by atoms with Crippen LogP contribution in [0.2, 0.25) is 0 Å². The van der Waals surface area contributed by atoms with Crippen LogP contribution in [0.15, 0.2) is 45.9 Å². The van der Waals surface area contributed by atoms with Crippen molar-refractivity contribution in [2.45, 2.75) is 13.5 Å². The molecule has 3 aromatic rings. The van der Waals surface area contributed by atoms with Crippen molar-refractivity contribution >= 4 is 51.2 Å². The minimum atomic E-state index is -0.0966. The molecule has 0 saturated carbocycles. The van der Waals surface area contributed by atoms with E-state index in [0.29, 0.717) is 21.5 Å². The smallest absolute Gasteiger partial charge is 0.266 e. The van der Waals surface area contributed by atoms with Gasteiger partial charge >= 0.3 is 0 Å². The third-order valence-electron chi connectivity index (χ3n) is 4.79. The largest absolute Gasteiger partial charge is 0.497 e. The Kier molecular flexibility index (Phi) is 4.57. The molecule has 0 bridgehead atoms. The van der Waals surface area contributed by atoms with Gasteiger partial charge in [0, 0.05) is 29.2 Å². The molecule has 2 aromatic heterocycles. The Morgan fingerprint density at radius 2 is 2.15 bits per heavy atom. The maximum atomic E-state index is 12.9. The van der Waals surface area contributed by atoms with E-state index >= 15 is 0 Å². The van der Waals surface area contributed by atoms with E-state index in [4.69, 9.17) is 21.4 Å². The highest BCUT2D eigenvalue weighted by Crippen LogP contribution is 2.37. The van der Waals surface area contributed by atoms with Crippen LogP contribution in [0.1, 0.15) is 17.0 Å². The van der Waals surface area contributed by atoms with Gasteiger partial charge in [-0.3, -0.25) is 9.69 Å². The molecule has 27 heavy (non-hydrogen) atoms. The van der Waals surface area contributed by atoms with Gasteiger partial charge in [-0.15, -0.1) is 0 Å². The van der Waals surface area contributed by atoms with Crippen LogP contribution in [0.5, 0.6) is 5.75 Å². The maximum absolute atomic E-state index is 12.9. The second kappa shape index (κ2) is 6.90. The molecule has 138 valence electrons. The summed E-state index contributed by atoms with van der Waals surface area (Å²) >= 11 is 6.74. The van der Waals surface area contributed by atoms with Crippen LogP contribution in [0.4, 0.5) is 0 Å². The van der Waals surface area contributed by atoms with Crippen molar-refractivity contribution < 1.29 is 13.9 Å². The summed E-state index contributed by atoms with van der Waals surface area (Å²) in [6.45, 7) is 2.39. The molecule has 1 saturated heterocycles. The molecule has 0 aliphatic carbocycles. The molecular weight excluding hydrogens is 380 g/mol. The number of rotatable bonds is 4. The van der Waals surface area contributed by atoms with Gasteiger partial charge in [-0.2, -0.15) is 0 Å². The lowest BCUT2D eigenvalue weighted by atomic mass is 10.1. The van der Waals surface area contributed by atoms with E-state index in [1.807, 2.05) is 44.3 Å². The quantitative estimate of drug-likeness (QED) is 0.479. The molecule has 0 N–H and O–H groups in total. The predicted octanol–water partition coefficient (Wildman–Crippen LogP) is 4.49. The number of thioether (sulfide) groups is 1. The fourth-order valence-electron chi connectivity index (χ4n) is 3.21. The summed E-state index contributed by atoms with van der Waals surface area (Å²) in [5.41, 5.74) is 3.17. The van der Waals surface area contributed by atoms with Gasteiger partial charge in [0.2, 0.25) is 0 Å². The number of carbonyl (C=O) groups excluding carboxylic acids is 1. The van der Waals surface area contributed by atoms with Crippen molar-refractivity contribution in [2.24, 2.45) is 7.05 Å². The van der Waals surface area contributed by atoms with Crippen molar-refractivity contribution in [3.63, 3.8) is 0 Å². The number of fused-ring (bicyclic) bond motifs is 1. The highest BCUT2D eigenvalue weighted by molar-refractivity contribution is 8.26. The molecule has 0 spiro atoms. The lowest BCUT2D eigenvalue weighted by molar-refractivity contribution is -0.122. The molecule has 0 atom stereocenters. The third kappa shape index (κ3) is 3.07. The molecule has 1 aliphatic heterocycles. The number of ether oxygens (including phenoxy) is 1. The minimum Gasteiger partial charge on any atom is -0.497 e. The fraction of sp³-hybridized carbons (Fsp3) is 0.200. The summed E-state index contributed by atoms with van der Waals surface area (Å²) in [6, 6.07) is 9.60. The summed E-state index contributed by atoms with van der Waals surface area (Å²) in [5.74, 6) is 1.40. The van der Waals surface area contributed by atoms with E-state index < -0.39 is 0 Å². The molecular formula is C20H18N2O3S2. The number of nitrogens with zero attached hydrogens (tertiary/aromatic N) is 2. The highest BCUT2D eigenvalue weighted by atomic mass is 32.2. The Labute approximate surface area is 166 Å². The van der Waals surface area contributed by atoms with E-state index in [0.717, 1.165) is 27.9 Å². The van der Waals surface area contributed by atoms with Crippen LogP contribution < -0.4 is 4.74 Å². The summed E-state index contributed by atoms with van der Waals surface area (Å²) < 4.78 is 13.4. The first-order valence-corrected chi connectivity index (χ1v) is 9.63. The zero-order valence-electron chi connectivity index (χ0n) is 15.2. The molecule has 1 amide bonds. The fourth-order valence-corrected chi connectivity index (χ4v) is 4.45. The number of aryl methyl sites for hydroxylation is 1. The summed E-state index contributed by atoms with van der Waals surface area (Å²) in [7, 11) is 3.67. The minimum absolute atomic E-state index is 0.0966. The van der Waals surface area contributed by atoms with Crippen LogP contribution in [0.25, 0.3) is 17.0 Å². The highest BCUT2D eigenvalue weighted by Gasteiger charge is 2.33. The first-order valence-electron chi connectivity index (χ1n) is 8.40. The van der Waals surface area contributed by atoms with Crippen LogP contribution in [-0.4, -0.2) is 26.8 Å². The second-order valence-electron chi connectivity index (χ2n) is 6.29. The Balaban J connectivity index is 1.74. The number of methoxy groups -OCH3 is 1. The normalized spacial score (nSPS) is 16.1. The third-order valence-corrected chi connectivity index (χ3v) is 6.17.